The van der Waals surface area contributed by atoms with Crippen molar-refractivity contribution in [1.82, 2.24) is 0 Å². The molecule has 0 spiro atoms. The van der Waals surface area contributed by atoms with Gasteiger partial charge in [-0.1, -0.05) is 39.0 Å². The molecule has 5 nitrogen and oxygen atoms in total. The van der Waals surface area contributed by atoms with E-state index in [0.29, 0.717) is 5.75 Å². The number of benzene rings is 2. The Morgan fingerprint density at radius 1 is 0.885 bits per heavy atom. The van der Waals surface area contributed by atoms with E-state index in [-0.39, 0.29) is 22.2 Å². The van der Waals surface area contributed by atoms with Gasteiger partial charge >= 0.3 is 7.60 Å². The molecule has 0 heterocycles. The molecule has 2 rings (SSSR count). The van der Waals surface area contributed by atoms with Gasteiger partial charge in [0.25, 0.3) is 0 Å². The fraction of sp³-hybridized carbons (Fsp3) is 0.400. The summed E-state index contributed by atoms with van der Waals surface area (Å²) in [5.41, 5.74) is 0.395. The molecule has 0 aliphatic rings. The van der Waals surface area contributed by atoms with Crippen LogP contribution in [0.5, 0.6) is 17.2 Å². The summed E-state index contributed by atoms with van der Waals surface area (Å²) in [6.45, 7) is 11.7. The van der Waals surface area contributed by atoms with Gasteiger partial charge in [-0.25, -0.2) is 0 Å². The Labute approximate surface area is 155 Å². The summed E-state index contributed by atoms with van der Waals surface area (Å²) >= 11 is 0. The van der Waals surface area contributed by atoms with Crippen LogP contribution in [0.2, 0.25) is 0 Å². The third kappa shape index (κ3) is 5.34. The van der Waals surface area contributed by atoms with Crippen LogP contribution in [0.25, 0.3) is 0 Å². The highest BCUT2D eigenvalue weighted by atomic mass is 31.2. The minimum absolute atomic E-state index is 0.0668. The van der Waals surface area contributed by atoms with Crippen molar-refractivity contribution in [2.45, 2.75) is 52.6 Å². The fourth-order valence-electron chi connectivity index (χ4n) is 2.44. The maximum Gasteiger partial charge on any atom is 0.363 e. The van der Waals surface area contributed by atoms with Crippen LogP contribution in [0.3, 0.4) is 0 Å². The van der Waals surface area contributed by atoms with Crippen molar-refractivity contribution in [3.05, 3.63) is 48.0 Å². The van der Waals surface area contributed by atoms with E-state index in [1.807, 2.05) is 39.0 Å². The van der Waals surface area contributed by atoms with Gasteiger partial charge in [0, 0.05) is 0 Å². The lowest BCUT2D eigenvalue weighted by Crippen LogP contribution is -2.26. The fourth-order valence-corrected chi connectivity index (χ4v) is 3.25. The Kier molecular flexibility index (Phi) is 5.57. The Morgan fingerprint density at radius 2 is 1.46 bits per heavy atom. The maximum atomic E-state index is 12.1. The molecule has 142 valence electrons. The quantitative estimate of drug-likeness (QED) is 0.751. The molecule has 0 bridgehead atoms. The van der Waals surface area contributed by atoms with Crippen molar-refractivity contribution in [1.29, 1.82) is 0 Å². The maximum absolute atomic E-state index is 12.1. The third-order valence-electron chi connectivity index (χ3n) is 3.60. The second-order valence-corrected chi connectivity index (χ2v) is 9.78. The van der Waals surface area contributed by atoms with Gasteiger partial charge in [-0.2, -0.15) is 0 Å². The lowest BCUT2D eigenvalue weighted by molar-refractivity contribution is 0.132. The van der Waals surface area contributed by atoms with E-state index in [1.165, 1.54) is 12.1 Å². The number of ether oxygens (including phenoxy) is 2. The average molecular weight is 378 g/mol. The van der Waals surface area contributed by atoms with Gasteiger partial charge < -0.3 is 19.3 Å². The molecule has 0 atom stereocenters. The molecule has 0 saturated heterocycles. The van der Waals surface area contributed by atoms with Gasteiger partial charge in [-0.3, -0.25) is 4.57 Å². The minimum Gasteiger partial charge on any atom is -0.487 e. The average Bonchev–Trinajstić information content (AvgIpc) is 2.43. The monoisotopic (exact) mass is 378 g/mol. The van der Waals surface area contributed by atoms with Crippen LogP contribution in [0.1, 0.15) is 47.1 Å². The molecule has 0 aliphatic heterocycles. The standard InChI is InChI=1S/C20H27O5P/c1-19(2,3)14-9-7-10-15(13-14)24-16-11-8-12-17(25-20(4,5)6)18(16)26(21,22)23/h7-13H,1-6H3,(H2,21,22,23). The van der Waals surface area contributed by atoms with Crippen LogP contribution < -0.4 is 14.8 Å². The lowest BCUT2D eigenvalue weighted by atomic mass is 9.87. The van der Waals surface area contributed by atoms with Crippen LogP contribution in [-0.2, 0) is 9.98 Å². The zero-order valence-corrected chi connectivity index (χ0v) is 17.0. The highest BCUT2D eigenvalue weighted by molar-refractivity contribution is 7.60. The Bertz CT molecular complexity index is 825. The van der Waals surface area contributed by atoms with E-state index in [0.717, 1.165) is 5.56 Å². The van der Waals surface area contributed by atoms with Gasteiger partial charge in [0.1, 0.15) is 28.2 Å². The largest absolute Gasteiger partial charge is 0.487 e. The van der Waals surface area contributed by atoms with Crippen molar-refractivity contribution >= 4 is 12.9 Å². The van der Waals surface area contributed by atoms with Gasteiger partial charge in [0.15, 0.2) is 0 Å². The first-order chi connectivity index (χ1) is 11.8. The summed E-state index contributed by atoms with van der Waals surface area (Å²) < 4.78 is 23.7. The zero-order chi connectivity index (χ0) is 19.8. The molecule has 0 saturated carbocycles. The molecule has 0 aliphatic carbocycles. The molecule has 0 amide bonds. The Morgan fingerprint density at radius 3 is 2.00 bits per heavy atom. The predicted molar refractivity (Wildman–Crippen MR) is 104 cm³/mol. The molecule has 2 aromatic carbocycles. The van der Waals surface area contributed by atoms with Crippen LogP contribution in [0, 0.1) is 0 Å². The van der Waals surface area contributed by atoms with Crippen molar-refractivity contribution in [3.63, 3.8) is 0 Å². The molecule has 0 unspecified atom stereocenters. The molecular formula is C20H27O5P. The Hall–Kier alpha value is -1.81. The lowest BCUT2D eigenvalue weighted by Gasteiger charge is -2.25. The van der Waals surface area contributed by atoms with E-state index in [9.17, 15) is 14.4 Å². The summed E-state index contributed by atoms with van der Waals surface area (Å²) in [5.74, 6) is 0.724. The van der Waals surface area contributed by atoms with Crippen molar-refractivity contribution < 1.29 is 23.8 Å². The third-order valence-corrected chi connectivity index (χ3v) is 4.62. The Balaban J connectivity index is 2.50. The van der Waals surface area contributed by atoms with E-state index in [2.05, 4.69) is 20.8 Å². The molecular weight excluding hydrogens is 351 g/mol. The topological polar surface area (TPSA) is 76.0 Å². The highest BCUT2D eigenvalue weighted by Crippen LogP contribution is 2.43. The van der Waals surface area contributed by atoms with Gasteiger partial charge in [-0.05, 0) is 56.0 Å². The van der Waals surface area contributed by atoms with Crippen LogP contribution >= 0.6 is 7.60 Å². The molecule has 0 aromatic heterocycles. The molecule has 26 heavy (non-hydrogen) atoms. The number of hydrogen-bond donors (Lipinski definition) is 2. The first-order valence-electron chi connectivity index (χ1n) is 8.44. The summed E-state index contributed by atoms with van der Waals surface area (Å²) in [6.07, 6.45) is 0. The summed E-state index contributed by atoms with van der Waals surface area (Å²) in [6, 6.07) is 12.2. The summed E-state index contributed by atoms with van der Waals surface area (Å²) in [4.78, 5) is 19.7. The van der Waals surface area contributed by atoms with Gasteiger partial charge in [0.05, 0.1) is 0 Å². The first kappa shape index (κ1) is 20.5. The van der Waals surface area contributed by atoms with Crippen molar-refractivity contribution in [2.24, 2.45) is 0 Å². The van der Waals surface area contributed by atoms with E-state index in [4.69, 9.17) is 9.47 Å². The van der Waals surface area contributed by atoms with Gasteiger partial charge in [0.2, 0.25) is 0 Å². The molecule has 0 fully saturated rings. The molecule has 0 radical (unpaired) electrons. The van der Waals surface area contributed by atoms with Gasteiger partial charge in [-0.15, -0.1) is 0 Å². The predicted octanol–water partition coefficient (Wildman–Crippen LogP) is 4.76. The second kappa shape index (κ2) is 7.07. The molecule has 2 N–H and O–H groups in total. The zero-order valence-electron chi connectivity index (χ0n) is 16.1. The first-order valence-corrected chi connectivity index (χ1v) is 10.1. The molecule has 2 aromatic rings. The van der Waals surface area contributed by atoms with Crippen molar-refractivity contribution in [3.8, 4) is 17.2 Å². The SMILES string of the molecule is CC(C)(C)Oc1cccc(Oc2cccc(C(C)(C)C)c2)c1P(=O)(O)O. The highest BCUT2D eigenvalue weighted by Gasteiger charge is 2.30. The number of hydrogen-bond acceptors (Lipinski definition) is 3. The normalized spacial score (nSPS) is 12.8. The van der Waals surface area contributed by atoms with Crippen LogP contribution in [-0.4, -0.2) is 15.4 Å². The van der Waals surface area contributed by atoms with Crippen LogP contribution in [0.4, 0.5) is 0 Å². The summed E-state index contributed by atoms with van der Waals surface area (Å²) in [7, 11) is -4.61. The van der Waals surface area contributed by atoms with E-state index in [1.54, 1.807) is 12.1 Å². The van der Waals surface area contributed by atoms with Crippen molar-refractivity contribution in [2.75, 3.05) is 0 Å². The second-order valence-electron chi connectivity index (χ2n) is 8.24. The summed E-state index contributed by atoms with van der Waals surface area (Å²) in [5, 5.41) is -0.240. The molecule has 6 heteroatoms. The smallest absolute Gasteiger partial charge is 0.363 e. The van der Waals surface area contributed by atoms with E-state index >= 15 is 0 Å². The van der Waals surface area contributed by atoms with E-state index < -0.39 is 13.2 Å². The minimum atomic E-state index is -4.61. The van der Waals surface area contributed by atoms with Crippen LogP contribution in [0.15, 0.2) is 42.5 Å². The number of rotatable bonds is 4.